The van der Waals surface area contributed by atoms with E-state index in [2.05, 4.69) is 0 Å². The van der Waals surface area contributed by atoms with Crippen LogP contribution in [0.4, 0.5) is 13.2 Å². The summed E-state index contributed by atoms with van der Waals surface area (Å²) < 4.78 is 36.6. The van der Waals surface area contributed by atoms with Crippen molar-refractivity contribution in [3.05, 3.63) is 42.0 Å². The van der Waals surface area contributed by atoms with Crippen LogP contribution in [0.15, 0.2) is 36.4 Å². The summed E-state index contributed by atoms with van der Waals surface area (Å²) in [7, 11) is 0. The maximum atomic E-state index is 12.2. The zero-order chi connectivity index (χ0) is 16.9. The molecule has 0 aliphatic carbocycles. The molecule has 0 spiro atoms. The van der Waals surface area contributed by atoms with Crippen LogP contribution in [0.5, 0.6) is 0 Å². The Morgan fingerprint density at radius 1 is 1.13 bits per heavy atom. The number of rotatable bonds is 3. The van der Waals surface area contributed by atoms with Gasteiger partial charge in [0.2, 0.25) is 5.91 Å². The molecule has 124 valence electrons. The molecule has 4 nitrogen and oxygen atoms in total. The van der Waals surface area contributed by atoms with Crippen LogP contribution >= 0.6 is 0 Å². The quantitative estimate of drug-likeness (QED) is 0.867. The summed E-state index contributed by atoms with van der Waals surface area (Å²) in [5, 5.41) is 1.96. The third kappa shape index (κ3) is 5.12. The Kier molecular flexibility index (Phi) is 5.41. The Morgan fingerprint density at radius 3 is 2.30 bits per heavy atom. The van der Waals surface area contributed by atoms with Crippen LogP contribution in [0.1, 0.15) is 18.4 Å². The molecule has 7 heteroatoms. The molecule has 0 saturated carbocycles. The highest BCUT2D eigenvalue weighted by Crippen LogP contribution is 2.17. The topological polar surface area (TPSA) is 49.4 Å². The predicted octanol–water partition coefficient (Wildman–Crippen LogP) is 2.37. The molecule has 1 aromatic carbocycles. The zero-order valence-electron chi connectivity index (χ0n) is 12.3. The zero-order valence-corrected chi connectivity index (χ0v) is 12.3. The molecule has 0 aromatic heterocycles. The number of likely N-dealkylation sites (tertiary alicyclic amines) is 1. The third-order valence-corrected chi connectivity index (χ3v) is 3.62. The smallest absolute Gasteiger partial charge is 0.345 e. The van der Waals surface area contributed by atoms with Crippen molar-refractivity contribution in [1.82, 2.24) is 10.2 Å². The Hall–Kier alpha value is -2.31. The minimum absolute atomic E-state index is 0.186. The summed E-state index contributed by atoms with van der Waals surface area (Å²) in [6, 6.07) is 8.77. The van der Waals surface area contributed by atoms with Gasteiger partial charge in [-0.2, -0.15) is 13.2 Å². The SMILES string of the molecule is O=C(/C=C/c1ccccc1)N1CCC(NC(=O)C(F)(F)F)CC1. The van der Waals surface area contributed by atoms with Gasteiger partial charge in [0.05, 0.1) is 0 Å². The van der Waals surface area contributed by atoms with E-state index in [1.54, 1.807) is 11.0 Å². The summed E-state index contributed by atoms with van der Waals surface area (Å²) in [6.45, 7) is 0.640. The van der Waals surface area contributed by atoms with Crippen LogP contribution < -0.4 is 5.32 Å². The molecule has 23 heavy (non-hydrogen) atoms. The van der Waals surface area contributed by atoms with E-state index in [-0.39, 0.29) is 5.91 Å². The second-order valence-electron chi connectivity index (χ2n) is 5.31. The van der Waals surface area contributed by atoms with Gasteiger partial charge in [-0.1, -0.05) is 30.3 Å². The van der Waals surface area contributed by atoms with Gasteiger partial charge in [0.15, 0.2) is 0 Å². The number of alkyl halides is 3. The van der Waals surface area contributed by atoms with Crippen LogP contribution in [0.2, 0.25) is 0 Å². The summed E-state index contributed by atoms with van der Waals surface area (Å²) in [4.78, 5) is 24.5. The molecule has 2 amide bonds. The van der Waals surface area contributed by atoms with E-state index >= 15 is 0 Å². The van der Waals surface area contributed by atoms with E-state index in [0.717, 1.165) is 5.56 Å². The van der Waals surface area contributed by atoms with Crippen molar-refractivity contribution in [2.45, 2.75) is 25.1 Å². The second kappa shape index (κ2) is 7.30. The third-order valence-electron chi connectivity index (χ3n) is 3.62. The maximum absolute atomic E-state index is 12.2. The molecule has 1 saturated heterocycles. The Labute approximate surface area is 132 Å². The number of piperidine rings is 1. The number of hydrogen-bond donors (Lipinski definition) is 1. The van der Waals surface area contributed by atoms with Crippen LogP contribution in [-0.2, 0) is 9.59 Å². The molecule has 1 aromatic rings. The number of amides is 2. The minimum Gasteiger partial charge on any atom is -0.345 e. The molecular formula is C16H17F3N2O2. The number of halogens is 3. The van der Waals surface area contributed by atoms with Crippen LogP contribution in [0, 0.1) is 0 Å². The first-order chi connectivity index (χ1) is 10.9. The van der Waals surface area contributed by atoms with E-state index in [1.807, 2.05) is 35.6 Å². The highest BCUT2D eigenvalue weighted by molar-refractivity contribution is 5.91. The van der Waals surface area contributed by atoms with E-state index in [0.29, 0.717) is 25.9 Å². The van der Waals surface area contributed by atoms with Crippen molar-refractivity contribution < 1.29 is 22.8 Å². The molecule has 2 rings (SSSR count). The normalized spacial score (nSPS) is 16.6. The Balaban J connectivity index is 1.81. The molecule has 1 aliphatic rings. The molecule has 1 heterocycles. The van der Waals surface area contributed by atoms with Gasteiger partial charge in [-0.05, 0) is 24.5 Å². The van der Waals surface area contributed by atoms with Crippen molar-refractivity contribution in [1.29, 1.82) is 0 Å². The standard InChI is InChI=1S/C16H17F3N2O2/c17-16(18,19)15(23)20-13-8-10-21(11-9-13)14(22)7-6-12-4-2-1-3-5-12/h1-7,13H,8-11H2,(H,20,23)/b7-6+. The van der Waals surface area contributed by atoms with E-state index in [1.165, 1.54) is 6.08 Å². The first-order valence-electron chi connectivity index (χ1n) is 7.26. The van der Waals surface area contributed by atoms with Crippen molar-refractivity contribution in [2.75, 3.05) is 13.1 Å². The van der Waals surface area contributed by atoms with Gasteiger partial charge in [0.1, 0.15) is 0 Å². The highest BCUT2D eigenvalue weighted by Gasteiger charge is 2.40. The van der Waals surface area contributed by atoms with Gasteiger partial charge >= 0.3 is 12.1 Å². The lowest BCUT2D eigenvalue weighted by Crippen LogP contribution is -2.49. The van der Waals surface area contributed by atoms with Crippen molar-refractivity contribution in [3.63, 3.8) is 0 Å². The van der Waals surface area contributed by atoms with Gasteiger partial charge < -0.3 is 10.2 Å². The largest absolute Gasteiger partial charge is 0.471 e. The molecule has 1 N–H and O–H groups in total. The monoisotopic (exact) mass is 326 g/mol. The van der Waals surface area contributed by atoms with Gasteiger partial charge in [0.25, 0.3) is 0 Å². The maximum Gasteiger partial charge on any atom is 0.471 e. The van der Waals surface area contributed by atoms with Gasteiger partial charge in [-0.15, -0.1) is 0 Å². The van der Waals surface area contributed by atoms with Crippen molar-refractivity contribution in [2.24, 2.45) is 0 Å². The first-order valence-corrected chi connectivity index (χ1v) is 7.26. The molecule has 0 radical (unpaired) electrons. The molecule has 0 unspecified atom stereocenters. The Morgan fingerprint density at radius 2 is 1.74 bits per heavy atom. The van der Waals surface area contributed by atoms with E-state index < -0.39 is 18.1 Å². The number of nitrogens with zero attached hydrogens (tertiary/aromatic N) is 1. The van der Waals surface area contributed by atoms with Gasteiger partial charge in [-0.3, -0.25) is 9.59 Å². The fraction of sp³-hybridized carbons (Fsp3) is 0.375. The van der Waals surface area contributed by atoms with Crippen LogP contribution in [-0.4, -0.2) is 42.0 Å². The number of benzene rings is 1. The average Bonchev–Trinajstić information content (AvgIpc) is 2.53. The molecule has 0 atom stereocenters. The van der Waals surface area contributed by atoms with E-state index in [4.69, 9.17) is 0 Å². The Bertz CT molecular complexity index is 577. The average molecular weight is 326 g/mol. The summed E-state index contributed by atoms with van der Waals surface area (Å²) >= 11 is 0. The summed E-state index contributed by atoms with van der Waals surface area (Å²) in [5.41, 5.74) is 0.896. The lowest BCUT2D eigenvalue weighted by atomic mass is 10.0. The highest BCUT2D eigenvalue weighted by atomic mass is 19.4. The first kappa shape index (κ1) is 17.1. The van der Waals surface area contributed by atoms with Crippen molar-refractivity contribution in [3.8, 4) is 0 Å². The van der Waals surface area contributed by atoms with Gasteiger partial charge in [-0.25, -0.2) is 0 Å². The predicted molar refractivity (Wildman–Crippen MR) is 79.3 cm³/mol. The molecule has 0 bridgehead atoms. The number of nitrogens with one attached hydrogen (secondary N) is 1. The number of hydrogen-bond acceptors (Lipinski definition) is 2. The van der Waals surface area contributed by atoms with E-state index in [9.17, 15) is 22.8 Å². The summed E-state index contributed by atoms with van der Waals surface area (Å²) in [5.74, 6) is -2.11. The fourth-order valence-electron chi connectivity index (χ4n) is 2.35. The molecule has 1 aliphatic heterocycles. The summed E-state index contributed by atoms with van der Waals surface area (Å²) in [6.07, 6.45) is -1.10. The van der Waals surface area contributed by atoms with Crippen LogP contribution in [0.25, 0.3) is 6.08 Å². The minimum atomic E-state index is -4.87. The second-order valence-corrected chi connectivity index (χ2v) is 5.31. The lowest BCUT2D eigenvalue weighted by molar-refractivity contribution is -0.174. The van der Waals surface area contributed by atoms with Crippen LogP contribution in [0.3, 0.4) is 0 Å². The number of carbonyl (C=O) groups is 2. The van der Waals surface area contributed by atoms with Crippen molar-refractivity contribution >= 4 is 17.9 Å². The number of carbonyl (C=O) groups excluding carboxylic acids is 2. The fourth-order valence-corrected chi connectivity index (χ4v) is 2.35. The molecule has 1 fully saturated rings. The lowest BCUT2D eigenvalue weighted by Gasteiger charge is -2.31. The molecular weight excluding hydrogens is 309 g/mol. The van der Waals surface area contributed by atoms with Gasteiger partial charge in [0, 0.05) is 25.2 Å².